The summed E-state index contributed by atoms with van der Waals surface area (Å²) in [5, 5.41) is 0. The fourth-order valence-electron chi connectivity index (χ4n) is 2.60. The molecular weight excluding hydrogens is 190 g/mol. The first-order chi connectivity index (χ1) is 6.77. The molecule has 2 N–H and O–H groups in total. The van der Waals surface area contributed by atoms with Crippen LogP contribution in [0.1, 0.15) is 39.5 Å². The summed E-state index contributed by atoms with van der Waals surface area (Å²) < 4.78 is 0. The molecule has 0 radical (unpaired) electrons. The van der Waals surface area contributed by atoms with Crippen molar-refractivity contribution in [3.63, 3.8) is 0 Å². The Kier molecular flexibility index (Phi) is 5.95. The summed E-state index contributed by atoms with van der Waals surface area (Å²) >= 11 is 2.07. The molecule has 0 aromatic heterocycles. The van der Waals surface area contributed by atoms with Crippen LogP contribution in [-0.2, 0) is 0 Å². The molecule has 1 saturated carbocycles. The first-order valence-electron chi connectivity index (χ1n) is 6.05. The Hall–Kier alpha value is 0.310. The average molecular weight is 215 g/mol. The molecule has 2 heteroatoms. The summed E-state index contributed by atoms with van der Waals surface area (Å²) in [6.45, 7) is 5.55. The molecule has 1 aliphatic rings. The Bertz CT molecular complexity index is 149. The smallest absolute Gasteiger partial charge is 0.00462 e. The predicted molar refractivity (Wildman–Crippen MR) is 66.7 cm³/mol. The first kappa shape index (κ1) is 12.4. The summed E-state index contributed by atoms with van der Waals surface area (Å²) in [6, 6.07) is 0. The van der Waals surface area contributed by atoms with Gasteiger partial charge >= 0.3 is 0 Å². The van der Waals surface area contributed by atoms with Gasteiger partial charge in [0.15, 0.2) is 0 Å². The Morgan fingerprint density at radius 1 is 1.29 bits per heavy atom. The number of hydrogen-bond donors (Lipinski definition) is 1. The van der Waals surface area contributed by atoms with Gasteiger partial charge in [-0.15, -0.1) is 0 Å². The predicted octanol–water partition coefficient (Wildman–Crippen LogP) is 3.14. The second kappa shape index (κ2) is 6.73. The van der Waals surface area contributed by atoms with E-state index in [4.69, 9.17) is 5.73 Å². The highest BCUT2D eigenvalue weighted by molar-refractivity contribution is 7.99. The van der Waals surface area contributed by atoms with E-state index in [0.29, 0.717) is 0 Å². The van der Waals surface area contributed by atoms with Crippen LogP contribution in [0.2, 0.25) is 0 Å². The van der Waals surface area contributed by atoms with Crippen molar-refractivity contribution >= 4 is 11.8 Å². The van der Waals surface area contributed by atoms with Crippen LogP contribution in [0.25, 0.3) is 0 Å². The maximum atomic E-state index is 5.84. The van der Waals surface area contributed by atoms with Crippen molar-refractivity contribution < 1.29 is 0 Å². The van der Waals surface area contributed by atoms with Gasteiger partial charge in [-0.25, -0.2) is 0 Å². The van der Waals surface area contributed by atoms with Crippen molar-refractivity contribution in [1.82, 2.24) is 0 Å². The summed E-state index contributed by atoms with van der Waals surface area (Å²) in [6.07, 6.45) is 5.59. The van der Waals surface area contributed by atoms with Crippen LogP contribution in [-0.4, -0.2) is 18.1 Å². The Morgan fingerprint density at radius 2 is 2.07 bits per heavy atom. The molecule has 14 heavy (non-hydrogen) atoms. The zero-order valence-corrected chi connectivity index (χ0v) is 10.5. The van der Waals surface area contributed by atoms with Crippen LogP contribution < -0.4 is 5.73 Å². The minimum Gasteiger partial charge on any atom is -0.330 e. The zero-order valence-electron chi connectivity index (χ0n) is 9.67. The second-order valence-corrected chi connectivity index (χ2v) is 6.05. The van der Waals surface area contributed by atoms with E-state index in [-0.39, 0.29) is 0 Å². The van der Waals surface area contributed by atoms with Crippen molar-refractivity contribution in [3.8, 4) is 0 Å². The average Bonchev–Trinajstić information content (AvgIpc) is 2.19. The lowest BCUT2D eigenvalue weighted by Crippen LogP contribution is -2.30. The SMILES string of the molecule is CCSCCC1CC(C)CCC1CN. The Balaban J connectivity index is 2.29. The van der Waals surface area contributed by atoms with Crippen LogP contribution >= 0.6 is 11.8 Å². The van der Waals surface area contributed by atoms with Crippen LogP contribution in [0.3, 0.4) is 0 Å². The highest BCUT2D eigenvalue weighted by Gasteiger charge is 2.26. The molecule has 3 unspecified atom stereocenters. The van der Waals surface area contributed by atoms with Crippen molar-refractivity contribution in [3.05, 3.63) is 0 Å². The van der Waals surface area contributed by atoms with E-state index in [1.807, 2.05) is 0 Å². The van der Waals surface area contributed by atoms with E-state index in [1.165, 1.54) is 37.2 Å². The minimum absolute atomic E-state index is 0.823. The van der Waals surface area contributed by atoms with Crippen molar-refractivity contribution in [2.24, 2.45) is 23.5 Å². The largest absolute Gasteiger partial charge is 0.330 e. The van der Waals surface area contributed by atoms with Crippen molar-refractivity contribution in [2.75, 3.05) is 18.1 Å². The highest BCUT2D eigenvalue weighted by atomic mass is 32.2. The number of hydrogen-bond acceptors (Lipinski definition) is 2. The van der Waals surface area contributed by atoms with Gasteiger partial charge in [0, 0.05) is 0 Å². The van der Waals surface area contributed by atoms with Gasteiger partial charge in [0.25, 0.3) is 0 Å². The lowest BCUT2D eigenvalue weighted by Gasteiger charge is -2.34. The Labute approximate surface area is 93.2 Å². The fraction of sp³-hybridized carbons (Fsp3) is 1.00. The molecule has 1 fully saturated rings. The van der Waals surface area contributed by atoms with E-state index >= 15 is 0 Å². The lowest BCUT2D eigenvalue weighted by atomic mass is 9.73. The van der Waals surface area contributed by atoms with Crippen LogP contribution in [0.4, 0.5) is 0 Å². The number of thioether (sulfide) groups is 1. The van der Waals surface area contributed by atoms with Gasteiger partial charge in [-0.1, -0.05) is 20.3 Å². The summed E-state index contributed by atoms with van der Waals surface area (Å²) in [4.78, 5) is 0. The molecule has 1 aliphatic carbocycles. The molecule has 0 amide bonds. The van der Waals surface area contributed by atoms with E-state index in [2.05, 4.69) is 25.6 Å². The van der Waals surface area contributed by atoms with Crippen molar-refractivity contribution in [2.45, 2.75) is 39.5 Å². The second-order valence-electron chi connectivity index (χ2n) is 4.66. The lowest BCUT2D eigenvalue weighted by molar-refractivity contribution is 0.190. The Morgan fingerprint density at radius 3 is 2.71 bits per heavy atom. The van der Waals surface area contributed by atoms with Gasteiger partial charge in [-0.05, 0) is 55.1 Å². The van der Waals surface area contributed by atoms with Crippen LogP contribution in [0, 0.1) is 17.8 Å². The third kappa shape index (κ3) is 3.82. The van der Waals surface area contributed by atoms with Gasteiger partial charge in [0.1, 0.15) is 0 Å². The van der Waals surface area contributed by atoms with Gasteiger partial charge < -0.3 is 5.73 Å². The van der Waals surface area contributed by atoms with Crippen LogP contribution in [0.5, 0.6) is 0 Å². The molecule has 0 saturated heterocycles. The van der Waals surface area contributed by atoms with E-state index in [1.54, 1.807) is 0 Å². The molecule has 0 aromatic rings. The fourth-order valence-corrected chi connectivity index (χ4v) is 3.36. The molecular formula is C12H25NS. The molecule has 0 bridgehead atoms. The van der Waals surface area contributed by atoms with Gasteiger partial charge in [0.05, 0.1) is 0 Å². The summed E-state index contributed by atoms with van der Waals surface area (Å²) in [7, 11) is 0. The van der Waals surface area contributed by atoms with Gasteiger partial charge in [0.2, 0.25) is 0 Å². The van der Waals surface area contributed by atoms with Crippen molar-refractivity contribution in [1.29, 1.82) is 0 Å². The van der Waals surface area contributed by atoms with E-state index in [0.717, 1.165) is 24.3 Å². The normalized spacial score (nSPS) is 33.2. The van der Waals surface area contributed by atoms with Gasteiger partial charge in [-0.3, -0.25) is 0 Å². The summed E-state index contributed by atoms with van der Waals surface area (Å²) in [5.74, 6) is 5.28. The first-order valence-corrected chi connectivity index (χ1v) is 7.21. The minimum atomic E-state index is 0.823. The maximum absolute atomic E-state index is 5.84. The monoisotopic (exact) mass is 215 g/mol. The topological polar surface area (TPSA) is 26.0 Å². The van der Waals surface area contributed by atoms with E-state index in [9.17, 15) is 0 Å². The molecule has 0 heterocycles. The zero-order chi connectivity index (χ0) is 10.4. The standard InChI is InChI=1S/C12H25NS/c1-3-14-7-6-11-8-10(2)4-5-12(11)9-13/h10-12H,3-9,13H2,1-2H3. The highest BCUT2D eigenvalue weighted by Crippen LogP contribution is 2.35. The third-order valence-electron chi connectivity index (χ3n) is 3.54. The third-order valence-corrected chi connectivity index (χ3v) is 4.47. The summed E-state index contributed by atoms with van der Waals surface area (Å²) in [5.41, 5.74) is 5.84. The van der Waals surface area contributed by atoms with Crippen LogP contribution in [0.15, 0.2) is 0 Å². The maximum Gasteiger partial charge on any atom is -0.00462 e. The number of nitrogens with two attached hydrogens (primary N) is 1. The molecule has 84 valence electrons. The van der Waals surface area contributed by atoms with E-state index < -0.39 is 0 Å². The number of rotatable bonds is 5. The van der Waals surface area contributed by atoms with Gasteiger partial charge in [-0.2, -0.15) is 11.8 Å². The molecule has 1 nitrogen and oxygen atoms in total. The molecule has 1 rings (SSSR count). The molecule has 0 spiro atoms. The molecule has 0 aromatic carbocycles. The quantitative estimate of drug-likeness (QED) is 0.713. The molecule has 0 aliphatic heterocycles. The molecule has 3 atom stereocenters.